The summed E-state index contributed by atoms with van der Waals surface area (Å²) < 4.78 is 27.2. The van der Waals surface area contributed by atoms with Crippen molar-refractivity contribution in [2.75, 3.05) is 4.72 Å². The molecule has 2 aromatic carbocycles. The number of halogens is 1. The Morgan fingerprint density at radius 2 is 1.62 bits per heavy atom. The Kier molecular flexibility index (Phi) is 4.30. The lowest BCUT2D eigenvalue weighted by Crippen LogP contribution is -2.15. The molecule has 0 saturated heterocycles. The molecule has 2 rings (SSSR count). The van der Waals surface area contributed by atoms with Crippen LogP contribution in [0.4, 0.5) is 5.69 Å². The highest BCUT2D eigenvalue weighted by atomic mass is 35.5. The van der Waals surface area contributed by atoms with Crippen molar-refractivity contribution in [1.29, 1.82) is 0 Å². The van der Waals surface area contributed by atoms with Crippen molar-refractivity contribution in [1.82, 2.24) is 0 Å². The van der Waals surface area contributed by atoms with Crippen molar-refractivity contribution in [3.8, 4) is 0 Å². The maximum absolute atomic E-state index is 12.3. The van der Waals surface area contributed by atoms with Crippen LogP contribution in [0, 0.1) is 0 Å². The molecule has 3 nitrogen and oxygen atoms in total. The number of sulfonamides is 1. The summed E-state index contributed by atoms with van der Waals surface area (Å²) in [4.78, 5) is 0.188. The first-order valence-corrected chi connectivity index (χ1v) is 8.43. The summed E-state index contributed by atoms with van der Waals surface area (Å²) in [5.41, 5.74) is 1.58. The SMILES string of the molecule is CC(C)(C)c1cccc(NS(=O)(=O)c2ccc(Cl)cc2)c1. The van der Waals surface area contributed by atoms with Gasteiger partial charge in [-0.2, -0.15) is 0 Å². The molecule has 0 aliphatic carbocycles. The molecule has 0 bridgehead atoms. The maximum atomic E-state index is 12.3. The van der Waals surface area contributed by atoms with Crippen molar-refractivity contribution in [3.63, 3.8) is 0 Å². The molecule has 0 fully saturated rings. The van der Waals surface area contributed by atoms with E-state index in [1.54, 1.807) is 18.2 Å². The monoisotopic (exact) mass is 323 g/mol. The van der Waals surface area contributed by atoms with Gasteiger partial charge in [0, 0.05) is 10.7 Å². The number of anilines is 1. The van der Waals surface area contributed by atoms with Gasteiger partial charge in [-0.15, -0.1) is 0 Å². The van der Waals surface area contributed by atoms with Crippen LogP contribution in [0.5, 0.6) is 0 Å². The Hall–Kier alpha value is -1.52. The summed E-state index contributed by atoms with van der Waals surface area (Å²) in [5, 5.41) is 0.503. The third kappa shape index (κ3) is 3.99. The minimum absolute atomic E-state index is 0.0400. The highest BCUT2D eigenvalue weighted by Gasteiger charge is 2.17. The van der Waals surface area contributed by atoms with Gasteiger partial charge in [-0.05, 0) is 47.4 Å². The van der Waals surface area contributed by atoms with E-state index in [0.29, 0.717) is 10.7 Å². The van der Waals surface area contributed by atoms with E-state index >= 15 is 0 Å². The molecule has 112 valence electrons. The molecule has 0 aliphatic rings. The number of hydrogen-bond acceptors (Lipinski definition) is 2. The summed E-state index contributed by atoms with van der Waals surface area (Å²) in [6.45, 7) is 6.25. The van der Waals surface area contributed by atoms with Crippen molar-refractivity contribution in [2.24, 2.45) is 0 Å². The molecule has 0 amide bonds. The van der Waals surface area contributed by atoms with Crippen LogP contribution in [-0.4, -0.2) is 8.42 Å². The Morgan fingerprint density at radius 3 is 2.19 bits per heavy atom. The van der Waals surface area contributed by atoms with Crippen LogP contribution in [0.25, 0.3) is 0 Å². The van der Waals surface area contributed by atoms with Gasteiger partial charge in [0.1, 0.15) is 0 Å². The molecule has 0 radical (unpaired) electrons. The van der Waals surface area contributed by atoms with Crippen molar-refractivity contribution < 1.29 is 8.42 Å². The van der Waals surface area contributed by atoms with Gasteiger partial charge >= 0.3 is 0 Å². The number of nitrogens with one attached hydrogen (secondary N) is 1. The summed E-state index contributed by atoms with van der Waals surface area (Å²) in [5.74, 6) is 0. The van der Waals surface area contributed by atoms with E-state index in [1.165, 1.54) is 12.1 Å². The van der Waals surface area contributed by atoms with Crippen molar-refractivity contribution in [2.45, 2.75) is 31.1 Å². The summed E-state index contributed by atoms with van der Waals surface area (Å²) >= 11 is 5.78. The van der Waals surface area contributed by atoms with Gasteiger partial charge in [-0.1, -0.05) is 44.5 Å². The molecule has 1 N–H and O–H groups in total. The minimum atomic E-state index is -3.60. The topological polar surface area (TPSA) is 46.2 Å². The zero-order valence-electron chi connectivity index (χ0n) is 12.2. The third-order valence-corrected chi connectivity index (χ3v) is 4.75. The normalized spacial score (nSPS) is 12.2. The van der Waals surface area contributed by atoms with Crippen molar-refractivity contribution >= 4 is 27.3 Å². The zero-order valence-corrected chi connectivity index (χ0v) is 13.8. The van der Waals surface area contributed by atoms with Crippen LogP contribution >= 0.6 is 11.6 Å². The molecular weight excluding hydrogens is 306 g/mol. The summed E-state index contributed by atoms with van der Waals surface area (Å²) in [6, 6.07) is 13.5. The average molecular weight is 324 g/mol. The predicted molar refractivity (Wildman–Crippen MR) is 87.4 cm³/mol. The Labute approximate surface area is 131 Å². The van der Waals surface area contributed by atoms with Gasteiger partial charge < -0.3 is 0 Å². The highest BCUT2D eigenvalue weighted by molar-refractivity contribution is 7.92. The lowest BCUT2D eigenvalue weighted by atomic mass is 9.87. The van der Waals surface area contributed by atoms with Gasteiger partial charge in [-0.25, -0.2) is 8.42 Å². The molecule has 0 saturated carbocycles. The standard InChI is InChI=1S/C16H18ClNO2S/c1-16(2,3)12-5-4-6-14(11-12)18-21(19,20)15-9-7-13(17)8-10-15/h4-11,18H,1-3H3. The lowest BCUT2D eigenvalue weighted by molar-refractivity contribution is 0.590. The van der Waals surface area contributed by atoms with Gasteiger partial charge in [0.15, 0.2) is 0 Å². The number of benzene rings is 2. The molecule has 0 spiro atoms. The summed E-state index contributed by atoms with van der Waals surface area (Å²) in [6.07, 6.45) is 0. The van der Waals surface area contributed by atoms with Crippen LogP contribution in [0.2, 0.25) is 5.02 Å². The number of rotatable bonds is 3. The van der Waals surface area contributed by atoms with E-state index in [2.05, 4.69) is 25.5 Å². The van der Waals surface area contributed by atoms with E-state index in [1.807, 2.05) is 18.2 Å². The van der Waals surface area contributed by atoms with E-state index in [-0.39, 0.29) is 10.3 Å². The molecule has 5 heteroatoms. The number of hydrogen-bond donors (Lipinski definition) is 1. The van der Waals surface area contributed by atoms with Crippen LogP contribution in [0.15, 0.2) is 53.4 Å². The van der Waals surface area contributed by atoms with Gasteiger partial charge in [-0.3, -0.25) is 4.72 Å². The van der Waals surface area contributed by atoms with Crippen molar-refractivity contribution in [3.05, 3.63) is 59.1 Å². The fourth-order valence-corrected chi connectivity index (χ4v) is 3.05. The molecular formula is C16H18ClNO2S. The maximum Gasteiger partial charge on any atom is 0.261 e. The first-order chi connectivity index (χ1) is 9.68. The molecule has 0 heterocycles. The summed E-state index contributed by atoms with van der Waals surface area (Å²) in [7, 11) is -3.60. The Balaban J connectivity index is 2.31. The molecule has 2 aromatic rings. The first kappa shape index (κ1) is 15.9. The van der Waals surface area contributed by atoms with E-state index < -0.39 is 10.0 Å². The average Bonchev–Trinajstić information content (AvgIpc) is 2.38. The fraction of sp³-hybridized carbons (Fsp3) is 0.250. The Morgan fingerprint density at radius 1 is 1.00 bits per heavy atom. The third-order valence-electron chi connectivity index (χ3n) is 3.10. The molecule has 0 aromatic heterocycles. The lowest BCUT2D eigenvalue weighted by Gasteiger charge is -2.20. The molecule has 0 aliphatic heterocycles. The second kappa shape index (κ2) is 5.70. The smallest absolute Gasteiger partial charge is 0.261 e. The Bertz CT molecular complexity index is 732. The van der Waals surface area contributed by atoms with Gasteiger partial charge in [0.2, 0.25) is 0 Å². The molecule has 0 unspecified atom stereocenters. The van der Waals surface area contributed by atoms with Crippen LogP contribution in [0.3, 0.4) is 0 Å². The quantitative estimate of drug-likeness (QED) is 0.907. The van der Waals surface area contributed by atoms with E-state index in [4.69, 9.17) is 11.6 Å². The molecule has 21 heavy (non-hydrogen) atoms. The second-order valence-corrected chi connectivity index (χ2v) is 8.01. The van der Waals surface area contributed by atoms with Crippen LogP contribution in [-0.2, 0) is 15.4 Å². The first-order valence-electron chi connectivity index (χ1n) is 6.57. The second-order valence-electron chi connectivity index (χ2n) is 5.89. The van der Waals surface area contributed by atoms with E-state index in [0.717, 1.165) is 5.56 Å². The van der Waals surface area contributed by atoms with Gasteiger partial charge in [0.05, 0.1) is 4.90 Å². The predicted octanol–water partition coefficient (Wildman–Crippen LogP) is 4.44. The largest absolute Gasteiger partial charge is 0.280 e. The van der Waals surface area contributed by atoms with E-state index in [9.17, 15) is 8.42 Å². The van der Waals surface area contributed by atoms with Crippen LogP contribution < -0.4 is 4.72 Å². The highest BCUT2D eigenvalue weighted by Crippen LogP contribution is 2.26. The zero-order chi connectivity index (χ0) is 15.7. The van der Waals surface area contributed by atoms with Gasteiger partial charge in [0.25, 0.3) is 10.0 Å². The fourth-order valence-electron chi connectivity index (χ4n) is 1.88. The minimum Gasteiger partial charge on any atom is -0.280 e. The molecule has 0 atom stereocenters. The van der Waals surface area contributed by atoms with Crippen LogP contribution in [0.1, 0.15) is 26.3 Å².